The fourth-order valence-electron chi connectivity index (χ4n) is 2.67. The average molecular weight is 287 g/mol. The van der Waals surface area contributed by atoms with Crippen molar-refractivity contribution in [1.82, 2.24) is 9.78 Å². The molecule has 0 unspecified atom stereocenters. The molecule has 1 N–H and O–H groups in total. The molecule has 0 saturated carbocycles. The van der Waals surface area contributed by atoms with E-state index >= 15 is 0 Å². The van der Waals surface area contributed by atoms with Crippen LogP contribution < -0.4 is 5.32 Å². The number of rotatable bonds is 3. The number of fused-ring (bicyclic) bond motifs is 1. The van der Waals surface area contributed by atoms with Crippen LogP contribution in [0.1, 0.15) is 30.5 Å². The number of carbonyl (C=O) groups excluding carboxylic acids is 1. The minimum atomic E-state index is -0.316. The van der Waals surface area contributed by atoms with Gasteiger partial charge in [0.25, 0.3) is 0 Å². The van der Waals surface area contributed by atoms with E-state index < -0.39 is 0 Å². The van der Waals surface area contributed by atoms with Gasteiger partial charge in [-0.1, -0.05) is 6.42 Å². The van der Waals surface area contributed by atoms with Crippen LogP contribution >= 0.6 is 0 Å². The smallest absolute Gasteiger partial charge is 0.246 e. The molecule has 1 aromatic carbocycles. The number of aromatic nitrogens is 2. The number of aryl methyl sites for hydroxylation is 2. The Kier molecular flexibility index (Phi) is 3.99. The van der Waals surface area contributed by atoms with Gasteiger partial charge in [0.1, 0.15) is 12.4 Å². The lowest BCUT2D eigenvalue weighted by Crippen LogP contribution is -2.19. The Labute approximate surface area is 123 Å². The largest absolute Gasteiger partial charge is 0.324 e. The molecule has 1 aliphatic carbocycles. The van der Waals surface area contributed by atoms with E-state index in [0.29, 0.717) is 5.69 Å². The van der Waals surface area contributed by atoms with Crippen LogP contribution in [0.15, 0.2) is 30.5 Å². The van der Waals surface area contributed by atoms with Gasteiger partial charge in [0.05, 0.1) is 5.69 Å². The van der Waals surface area contributed by atoms with Gasteiger partial charge in [0, 0.05) is 11.9 Å². The van der Waals surface area contributed by atoms with Gasteiger partial charge in [-0.25, -0.2) is 4.39 Å². The van der Waals surface area contributed by atoms with Crippen LogP contribution in [0, 0.1) is 5.82 Å². The third-order valence-electron chi connectivity index (χ3n) is 3.72. The van der Waals surface area contributed by atoms with Crippen molar-refractivity contribution in [2.45, 2.75) is 38.6 Å². The minimum absolute atomic E-state index is 0.153. The summed E-state index contributed by atoms with van der Waals surface area (Å²) in [4.78, 5) is 12.0. The van der Waals surface area contributed by atoms with Crippen LogP contribution in [0.4, 0.5) is 10.1 Å². The zero-order chi connectivity index (χ0) is 14.7. The Morgan fingerprint density at radius 3 is 2.76 bits per heavy atom. The highest BCUT2D eigenvalue weighted by Crippen LogP contribution is 2.19. The summed E-state index contributed by atoms with van der Waals surface area (Å²) in [6.07, 6.45) is 7.65. The molecule has 0 aliphatic heterocycles. The molecule has 110 valence electrons. The van der Waals surface area contributed by atoms with Crippen LogP contribution in [-0.4, -0.2) is 15.7 Å². The molecule has 0 fully saturated rings. The van der Waals surface area contributed by atoms with E-state index in [1.165, 1.54) is 37.0 Å². The van der Waals surface area contributed by atoms with Gasteiger partial charge in [0.2, 0.25) is 5.91 Å². The van der Waals surface area contributed by atoms with Crippen molar-refractivity contribution in [2.24, 2.45) is 0 Å². The fourth-order valence-corrected chi connectivity index (χ4v) is 2.67. The first-order chi connectivity index (χ1) is 10.2. The zero-order valence-electron chi connectivity index (χ0n) is 11.8. The van der Waals surface area contributed by atoms with Gasteiger partial charge in [-0.2, -0.15) is 5.10 Å². The molecular formula is C16H18FN3O. The van der Waals surface area contributed by atoms with Crippen molar-refractivity contribution < 1.29 is 9.18 Å². The second-order valence-electron chi connectivity index (χ2n) is 5.41. The standard InChI is InChI=1S/C16H18FN3O/c17-13-6-8-14(9-7-13)18-16(21)11-20-10-12-4-2-1-3-5-15(12)19-20/h6-10H,1-5,11H2,(H,18,21). The molecule has 21 heavy (non-hydrogen) atoms. The normalized spacial score (nSPS) is 14.3. The van der Waals surface area contributed by atoms with E-state index in [1.807, 2.05) is 6.20 Å². The van der Waals surface area contributed by atoms with Crippen molar-refractivity contribution in [2.75, 3.05) is 5.32 Å². The summed E-state index contributed by atoms with van der Waals surface area (Å²) in [6.45, 7) is 0.185. The first kappa shape index (κ1) is 13.8. The third kappa shape index (κ3) is 3.48. The molecular weight excluding hydrogens is 269 g/mol. The van der Waals surface area contributed by atoms with E-state index in [1.54, 1.807) is 16.8 Å². The number of hydrogen-bond donors (Lipinski definition) is 1. The summed E-state index contributed by atoms with van der Waals surface area (Å²) < 4.78 is 14.5. The van der Waals surface area contributed by atoms with Crippen LogP contribution in [0.3, 0.4) is 0 Å². The summed E-state index contributed by atoms with van der Waals surface area (Å²) in [5.41, 5.74) is 2.99. The van der Waals surface area contributed by atoms with Crippen LogP contribution in [-0.2, 0) is 24.2 Å². The molecule has 5 heteroatoms. The fraction of sp³-hybridized carbons (Fsp3) is 0.375. The van der Waals surface area contributed by atoms with Gasteiger partial charge in [-0.3, -0.25) is 9.48 Å². The second-order valence-corrected chi connectivity index (χ2v) is 5.41. The lowest BCUT2D eigenvalue weighted by Gasteiger charge is -2.05. The van der Waals surface area contributed by atoms with E-state index in [4.69, 9.17) is 0 Å². The summed E-state index contributed by atoms with van der Waals surface area (Å²) in [7, 11) is 0. The van der Waals surface area contributed by atoms with Gasteiger partial charge in [0.15, 0.2) is 0 Å². The third-order valence-corrected chi connectivity index (χ3v) is 3.72. The molecule has 1 aromatic heterocycles. The molecule has 2 aromatic rings. The summed E-state index contributed by atoms with van der Waals surface area (Å²) in [6, 6.07) is 5.74. The number of amides is 1. The van der Waals surface area contributed by atoms with E-state index in [9.17, 15) is 9.18 Å². The summed E-state index contributed by atoms with van der Waals surface area (Å²) >= 11 is 0. The predicted molar refractivity (Wildman–Crippen MR) is 78.5 cm³/mol. The van der Waals surface area contributed by atoms with Crippen molar-refractivity contribution >= 4 is 11.6 Å². The quantitative estimate of drug-likeness (QED) is 0.882. The molecule has 1 amide bonds. The Balaban J connectivity index is 1.63. The number of nitrogens with one attached hydrogen (secondary N) is 1. The first-order valence-electron chi connectivity index (χ1n) is 7.31. The topological polar surface area (TPSA) is 46.9 Å². The SMILES string of the molecule is O=C(Cn1cc2c(n1)CCCCC2)Nc1ccc(F)cc1. The molecule has 0 atom stereocenters. The molecule has 1 aliphatic rings. The lowest BCUT2D eigenvalue weighted by atomic mass is 10.1. The van der Waals surface area contributed by atoms with Crippen molar-refractivity contribution in [3.8, 4) is 0 Å². The zero-order valence-corrected chi connectivity index (χ0v) is 11.8. The number of benzene rings is 1. The van der Waals surface area contributed by atoms with Crippen LogP contribution in [0.2, 0.25) is 0 Å². The Morgan fingerprint density at radius 1 is 1.19 bits per heavy atom. The van der Waals surface area contributed by atoms with Gasteiger partial charge < -0.3 is 5.32 Å². The highest BCUT2D eigenvalue weighted by Gasteiger charge is 2.13. The van der Waals surface area contributed by atoms with Gasteiger partial charge in [-0.15, -0.1) is 0 Å². The van der Waals surface area contributed by atoms with Crippen LogP contribution in [0.25, 0.3) is 0 Å². The number of halogens is 1. The molecule has 1 heterocycles. The Bertz CT molecular complexity index is 610. The average Bonchev–Trinajstić information content (AvgIpc) is 2.70. The van der Waals surface area contributed by atoms with Crippen molar-refractivity contribution in [3.05, 3.63) is 47.5 Å². The highest BCUT2D eigenvalue weighted by molar-refractivity contribution is 5.90. The molecule has 0 radical (unpaired) electrons. The number of hydrogen-bond acceptors (Lipinski definition) is 2. The molecule has 0 saturated heterocycles. The molecule has 0 spiro atoms. The van der Waals surface area contributed by atoms with E-state index in [2.05, 4.69) is 10.4 Å². The van der Waals surface area contributed by atoms with Crippen molar-refractivity contribution in [1.29, 1.82) is 0 Å². The van der Waals surface area contributed by atoms with Gasteiger partial charge in [-0.05, 0) is 55.5 Å². The molecule has 4 nitrogen and oxygen atoms in total. The lowest BCUT2D eigenvalue weighted by molar-refractivity contribution is -0.116. The molecule has 0 bridgehead atoms. The number of carbonyl (C=O) groups is 1. The van der Waals surface area contributed by atoms with Crippen LogP contribution in [0.5, 0.6) is 0 Å². The molecule has 3 rings (SSSR count). The summed E-state index contributed by atoms with van der Waals surface area (Å²) in [5, 5.41) is 7.25. The number of nitrogens with zero attached hydrogens (tertiary/aromatic N) is 2. The maximum Gasteiger partial charge on any atom is 0.246 e. The predicted octanol–water partition coefficient (Wildman–Crippen LogP) is 2.93. The monoisotopic (exact) mass is 287 g/mol. The Morgan fingerprint density at radius 2 is 1.95 bits per heavy atom. The highest BCUT2D eigenvalue weighted by atomic mass is 19.1. The van der Waals surface area contributed by atoms with Gasteiger partial charge >= 0.3 is 0 Å². The maximum absolute atomic E-state index is 12.8. The van der Waals surface area contributed by atoms with E-state index in [0.717, 1.165) is 18.5 Å². The van der Waals surface area contributed by atoms with E-state index in [-0.39, 0.29) is 18.3 Å². The number of anilines is 1. The first-order valence-corrected chi connectivity index (χ1v) is 7.31. The van der Waals surface area contributed by atoms with Crippen molar-refractivity contribution in [3.63, 3.8) is 0 Å². The maximum atomic E-state index is 12.8. The Hall–Kier alpha value is -2.17. The second kappa shape index (κ2) is 6.08. The summed E-state index contributed by atoms with van der Waals surface area (Å²) in [5.74, 6) is -0.469. The minimum Gasteiger partial charge on any atom is -0.324 e.